The number of methoxy groups -OCH3 is 1. The Morgan fingerprint density at radius 3 is 2.29 bits per heavy atom. The monoisotopic (exact) mass is 319 g/mol. The number of nitro benzene ring substituents is 1. The van der Waals surface area contributed by atoms with Crippen molar-refractivity contribution in [2.75, 3.05) is 7.11 Å². The van der Waals surface area contributed by atoms with E-state index in [0.29, 0.717) is 0 Å². The average Bonchev–Trinajstić information content (AvgIpc) is 2.43. The number of benzene rings is 1. The minimum Gasteiger partial charge on any atom is -0.496 e. The van der Waals surface area contributed by atoms with E-state index in [-0.39, 0.29) is 24.3 Å². The SMILES string of the molecule is CCC(CC)(Oc1ccc(OC)cc1[N+](=O)[O-])P(=O)(O)O. The largest absolute Gasteiger partial charge is 0.496 e. The molecule has 21 heavy (non-hydrogen) atoms. The molecule has 0 heterocycles. The third kappa shape index (κ3) is 3.53. The summed E-state index contributed by atoms with van der Waals surface area (Å²) in [4.78, 5) is 29.4. The van der Waals surface area contributed by atoms with Crippen molar-refractivity contribution in [2.24, 2.45) is 0 Å². The minimum atomic E-state index is -4.62. The van der Waals surface area contributed by atoms with Gasteiger partial charge in [0.05, 0.1) is 18.1 Å². The third-order valence-corrected chi connectivity index (χ3v) is 5.08. The van der Waals surface area contributed by atoms with E-state index in [1.807, 2.05) is 0 Å². The zero-order valence-corrected chi connectivity index (χ0v) is 12.9. The molecule has 0 atom stereocenters. The summed E-state index contributed by atoms with van der Waals surface area (Å²) in [5.74, 6) is 0.0525. The first kappa shape index (κ1) is 17.4. The van der Waals surface area contributed by atoms with Crippen molar-refractivity contribution in [1.29, 1.82) is 0 Å². The van der Waals surface area contributed by atoms with Gasteiger partial charge in [0.15, 0.2) is 5.75 Å². The molecule has 1 rings (SSSR count). The molecule has 0 aromatic heterocycles. The molecular formula is C12H18NO7P. The van der Waals surface area contributed by atoms with Crippen LogP contribution in [-0.2, 0) is 4.57 Å². The van der Waals surface area contributed by atoms with Gasteiger partial charge in [-0.2, -0.15) is 0 Å². The van der Waals surface area contributed by atoms with E-state index in [2.05, 4.69) is 0 Å². The van der Waals surface area contributed by atoms with E-state index in [1.54, 1.807) is 13.8 Å². The first-order valence-corrected chi connectivity index (χ1v) is 7.89. The van der Waals surface area contributed by atoms with Gasteiger partial charge in [-0.1, -0.05) is 13.8 Å². The summed E-state index contributed by atoms with van der Waals surface area (Å²) in [5.41, 5.74) is -0.408. The van der Waals surface area contributed by atoms with Gasteiger partial charge in [-0.05, 0) is 25.0 Å². The van der Waals surface area contributed by atoms with Crippen LogP contribution in [0.5, 0.6) is 11.5 Å². The highest BCUT2D eigenvalue weighted by molar-refractivity contribution is 7.53. The van der Waals surface area contributed by atoms with Gasteiger partial charge < -0.3 is 19.3 Å². The first-order valence-electron chi connectivity index (χ1n) is 6.27. The minimum absolute atomic E-state index is 0.0109. The van der Waals surface area contributed by atoms with Crippen LogP contribution in [0.15, 0.2) is 18.2 Å². The fourth-order valence-electron chi connectivity index (χ4n) is 1.92. The highest BCUT2D eigenvalue weighted by Crippen LogP contribution is 2.55. The molecule has 9 heteroatoms. The Bertz CT molecular complexity index is 565. The second-order valence-corrected chi connectivity index (χ2v) is 6.29. The molecule has 0 amide bonds. The maximum atomic E-state index is 11.7. The molecule has 0 aliphatic rings. The number of ether oxygens (including phenoxy) is 2. The van der Waals surface area contributed by atoms with Crippen molar-refractivity contribution in [1.82, 2.24) is 0 Å². The van der Waals surface area contributed by atoms with Crippen molar-refractivity contribution in [2.45, 2.75) is 32.0 Å². The molecule has 118 valence electrons. The average molecular weight is 319 g/mol. The molecule has 0 radical (unpaired) electrons. The maximum absolute atomic E-state index is 11.7. The standard InChI is InChI=1S/C12H18NO7P/c1-4-12(5-2,21(16,17)18)20-11-7-6-9(19-3)8-10(11)13(14)15/h6-8H,4-5H2,1-3H3,(H2,16,17,18). The quantitative estimate of drug-likeness (QED) is 0.450. The topological polar surface area (TPSA) is 119 Å². The van der Waals surface area contributed by atoms with Crippen molar-refractivity contribution < 1.29 is 28.7 Å². The van der Waals surface area contributed by atoms with E-state index in [1.165, 1.54) is 19.2 Å². The van der Waals surface area contributed by atoms with Gasteiger partial charge in [0.2, 0.25) is 5.34 Å². The zero-order valence-electron chi connectivity index (χ0n) is 12.0. The van der Waals surface area contributed by atoms with Crippen LogP contribution in [0.4, 0.5) is 5.69 Å². The lowest BCUT2D eigenvalue weighted by Crippen LogP contribution is -2.34. The predicted octanol–water partition coefficient (Wildman–Crippen LogP) is 2.68. The lowest BCUT2D eigenvalue weighted by atomic mass is 10.2. The normalized spacial score (nSPS) is 12.0. The van der Waals surface area contributed by atoms with Crippen LogP contribution in [0, 0.1) is 10.1 Å². The smallest absolute Gasteiger partial charge is 0.368 e. The van der Waals surface area contributed by atoms with E-state index in [9.17, 15) is 24.5 Å². The van der Waals surface area contributed by atoms with Crippen molar-refractivity contribution in [3.63, 3.8) is 0 Å². The summed E-state index contributed by atoms with van der Waals surface area (Å²) in [6.45, 7) is 3.11. The molecule has 0 saturated carbocycles. The number of hydrogen-bond donors (Lipinski definition) is 2. The van der Waals surface area contributed by atoms with Crippen LogP contribution >= 0.6 is 7.60 Å². The summed E-state index contributed by atoms with van der Waals surface area (Å²) in [6.07, 6.45) is 0.0217. The Balaban J connectivity index is 3.34. The fourth-order valence-corrected chi connectivity index (χ4v) is 2.96. The van der Waals surface area contributed by atoms with Crippen LogP contribution in [-0.4, -0.2) is 27.2 Å². The van der Waals surface area contributed by atoms with Crippen molar-refractivity contribution in [3.05, 3.63) is 28.3 Å². The summed E-state index contributed by atoms with van der Waals surface area (Å²) >= 11 is 0. The summed E-state index contributed by atoms with van der Waals surface area (Å²) in [7, 11) is -3.26. The molecule has 8 nitrogen and oxygen atoms in total. The van der Waals surface area contributed by atoms with E-state index in [0.717, 1.165) is 6.07 Å². The molecule has 1 aromatic carbocycles. The van der Waals surface area contributed by atoms with Gasteiger partial charge in [-0.3, -0.25) is 14.7 Å². The van der Waals surface area contributed by atoms with Crippen LogP contribution in [0.1, 0.15) is 26.7 Å². The van der Waals surface area contributed by atoms with Crippen LogP contribution in [0.25, 0.3) is 0 Å². The van der Waals surface area contributed by atoms with Gasteiger partial charge in [-0.15, -0.1) is 0 Å². The highest BCUT2D eigenvalue weighted by Gasteiger charge is 2.47. The van der Waals surface area contributed by atoms with Crippen LogP contribution in [0.2, 0.25) is 0 Å². The van der Waals surface area contributed by atoms with E-state index < -0.39 is 23.5 Å². The predicted molar refractivity (Wildman–Crippen MR) is 75.6 cm³/mol. The second kappa shape index (κ2) is 6.43. The first-order chi connectivity index (χ1) is 9.70. The van der Waals surface area contributed by atoms with E-state index in [4.69, 9.17) is 9.47 Å². The maximum Gasteiger partial charge on any atom is 0.368 e. The Kier molecular flexibility index (Phi) is 5.33. The molecule has 0 aliphatic carbocycles. The van der Waals surface area contributed by atoms with Crippen molar-refractivity contribution in [3.8, 4) is 11.5 Å². The fraction of sp³-hybridized carbons (Fsp3) is 0.500. The van der Waals surface area contributed by atoms with E-state index >= 15 is 0 Å². The lowest BCUT2D eigenvalue weighted by Gasteiger charge is -2.32. The number of nitro groups is 1. The summed E-state index contributed by atoms with van der Waals surface area (Å²) in [6, 6.07) is 3.84. The number of nitrogens with zero attached hydrogens (tertiary/aromatic N) is 1. The van der Waals surface area contributed by atoms with Gasteiger partial charge in [0.1, 0.15) is 5.75 Å². The van der Waals surface area contributed by atoms with Crippen LogP contribution < -0.4 is 9.47 Å². The molecule has 0 aliphatic heterocycles. The molecule has 2 N–H and O–H groups in total. The number of hydrogen-bond acceptors (Lipinski definition) is 5. The molecule has 0 unspecified atom stereocenters. The second-order valence-electron chi connectivity index (χ2n) is 4.39. The van der Waals surface area contributed by atoms with Crippen molar-refractivity contribution >= 4 is 13.3 Å². The van der Waals surface area contributed by atoms with Crippen LogP contribution in [0.3, 0.4) is 0 Å². The molecule has 0 spiro atoms. The number of rotatable bonds is 7. The van der Waals surface area contributed by atoms with Gasteiger partial charge >= 0.3 is 13.3 Å². The van der Waals surface area contributed by atoms with Gasteiger partial charge in [0.25, 0.3) is 0 Å². The third-order valence-electron chi connectivity index (χ3n) is 3.30. The molecule has 0 saturated heterocycles. The lowest BCUT2D eigenvalue weighted by molar-refractivity contribution is -0.386. The summed E-state index contributed by atoms with van der Waals surface area (Å²) < 4.78 is 22.0. The summed E-state index contributed by atoms with van der Waals surface area (Å²) in [5, 5.41) is 9.29. The Morgan fingerprint density at radius 1 is 1.33 bits per heavy atom. The zero-order chi connectivity index (χ0) is 16.3. The van der Waals surface area contributed by atoms with Gasteiger partial charge in [0, 0.05) is 0 Å². The van der Waals surface area contributed by atoms with Gasteiger partial charge in [-0.25, -0.2) is 0 Å². The Labute approximate surface area is 122 Å². The Morgan fingerprint density at radius 2 is 1.90 bits per heavy atom. The molecular weight excluding hydrogens is 301 g/mol. The Hall–Kier alpha value is -1.63. The molecule has 1 aromatic rings. The highest BCUT2D eigenvalue weighted by atomic mass is 31.2. The molecule has 0 fully saturated rings. The molecule has 0 bridgehead atoms.